The van der Waals surface area contributed by atoms with E-state index in [2.05, 4.69) is 4.90 Å². The quantitative estimate of drug-likeness (QED) is 0.680. The van der Waals surface area contributed by atoms with E-state index in [1.165, 1.54) is 12.8 Å². The Morgan fingerprint density at radius 3 is 1.97 bits per heavy atom. The molecule has 2 aliphatic heterocycles. The zero-order valence-corrected chi connectivity index (χ0v) is 18.7. The van der Waals surface area contributed by atoms with Crippen LogP contribution in [0.2, 0.25) is 0 Å². The molecular formula is C22H33N3O4S. The van der Waals surface area contributed by atoms with Gasteiger partial charge < -0.3 is 9.80 Å². The van der Waals surface area contributed by atoms with Crippen LogP contribution in [0.3, 0.4) is 0 Å². The molecule has 0 N–H and O–H groups in total. The number of amides is 2. The van der Waals surface area contributed by atoms with Crippen molar-refractivity contribution in [3.05, 3.63) is 29.8 Å². The molecule has 0 aromatic heterocycles. The summed E-state index contributed by atoms with van der Waals surface area (Å²) in [5.74, 6) is -0.132. The van der Waals surface area contributed by atoms with Crippen LogP contribution in [0.25, 0.3) is 0 Å². The van der Waals surface area contributed by atoms with Crippen LogP contribution < -0.4 is 0 Å². The van der Waals surface area contributed by atoms with Crippen LogP contribution in [0.15, 0.2) is 29.2 Å². The van der Waals surface area contributed by atoms with Crippen molar-refractivity contribution in [2.24, 2.45) is 0 Å². The molecule has 0 bridgehead atoms. The van der Waals surface area contributed by atoms with E-state index in [4.69, 9.17) is 0 Å². The number of aryl methyl sites for hydroxylation is 1. The van der Waals surface area contributed by atoms with Gasteiger partial charge in [0.2, 0.25) is 11.8 Å². The minimum absolute atomic E-state index is 0.0110. The van der Waals surface area contributed by atoms with Gasteiger partial charge in [-0.05, 0) is 31.9 Å². The summed E-state index contributed by atoms with van der Waals surface area (Å²) < 4.78 is 24.9. The molecule has 1 aromatic carbocycles. The van der Waals surface area contributed by atoms with Gasteiger partial charge in [0.25, 0.3) is 0 Å². The van der Waals surface area contributed by atoms with E-state index in [0.717, 1.165) is 31.5 Å². The molecule has 166 valence electrons. The number of carbonyl (C=O) groups excluding carboxylic acids is 2. The van der Waals surface area contributed by atoms with Gasteiger partial charge in [0.05, 0.1) is 17.2 Å². The Kier molecular flexibility index (Phi) is 7.88. The molecule has 2 saturated heterocycles. The zero-order valence-electron chi connectivity index (χ0n) is 17.9. The van der Waals surface area contributed by atoms with Gasteiger partial charge in [0.1, 0.15) is 0 Å². The molecule has 1 aromatic rings. The number of nitrogens with zero attached hydrogens (tertiary/aromatic N) is 3. The van der Waals surface area contributed by atoms with Crippen LogP contribution in [0.5, 0.6) is 0 Å². The van der Waals surface area contributed by atoms with Crippen LogP contribution in [-0.2, 0) is 19.4 Å². The van der Waals surface area contributed by atoms with Crippen molar-refractivity contribution in [1.82, 2.24) is 14.7 Å². The zero-order chi connectivity index (χ0) is 21.6. The maximum atomic E-state index is 12.5. The molecule has 0 spiro atoms. The SMILES string of the molecule is Cc1ccc(S(=O)(=O)CCC(=O)N2CCN(CC(=O)N3CCCCCC3)CC2)cc1. The predicted octanol–water partition coefficient (Wildman–Crippen LogP) is 1.71. The highest BCUT2D eigenvalue weighted by Crippen LogP contribution is 2.15. The number of hydrogen-bond donors (Lipinski definition) is 0. The smallest absolute Gasteiger partial charge is 0.236 e. The molecule has 0 unspecified atom stereocenters. The molecule has 0 saturated carbocycles. The lowest BCUT2D eigenvalue weighted by atomic mass is 10.2. The first-order valence-corrected chi connectivity index (χ1v) is 12.6. The third kappa shape index (κ3) is 6.28. The number of benzene rings is 1. The second kappa shape index (κ2) is 10.4. The lowest BCUT2D eigenvalue weighted by Gasteiger charge is -2.35. The van der Waals surface area contributed by atoms with Crippen molar-refractivity contribution in [2.45, 2.75) is 43.9 Å². The molecular weight excluding hydrogens is 402 g/mol. The van der Waals surface area contributed by atoms with E-state index in [-0.39, 0.29) is 28.9 Å². The Morgan fingerprint density at radius 1 is 0.800 bits per heavy atom. The van der Waals surface area contributed by atoms with E-state index in [1.807, 2.05) is 11.8 Å². The fourth-order valence-corrected chi connectivity index (χ4v) is 5.24. The number of piperazine rings is 1. The normalized spacial score (nSPS) is 18.8. The summed E-state index contributed by atoms with van der Waals surface area (Å²) in [6.45, 7) is 6.39. The van der Waals surface area contributed by atoms with Crippen molar-refractivity contribution in [3.8, 4) is 0 Å². The largest absolute Gasteiger partial charge is 0.342 e. The summed E-state index contributed by atoms with van der Waals surface area (Å²) in [6, 6.07) is 6.71. The highest BCUT2D eigenvalue weighted by atomic mass is 32.2. The Morgan fingerprint density at radius 2 is 1.37 bits per heavy atom. The van der Waals surface area contributed by atoms with E-state index < -0.39 is 9.84 Å². The molecule has 2 amide bonds. The third-order valence-corrected chi connectivity index (χ3v) is 7.74. The molecule has 2 fully saturated rings. The molecule has 3 rings (SSSR count). The Hall–Kier alpha value is -1.93. The van der Waals surface area contributed by atoms with Crippen molar-refractivity contribution in [2.75, 3.05) is 51.6 Å². The number of sulfone groups is 1. The maximum Gasteiger partial charge on any atom is 0.236 e. The van der Waals surface area contributed by atoms with Gasteiger partial charge >= 0.3 is 0 Å². The summed E-state index contributed by atoms with van der Waals surface area (Å²) in [7, 11) is -3.46. The van der Waals surface area contributed by atoms with Crippen LogP contribution in [0.4, 0.5) is 0 Å². The molecule has 0 atom stereocenters. The minimum Gasteiger partial charge on any atom is -0.342 e. The van der Waals surface area contributed by atoms with Crippen LogP contribution in [0.1, 0.15) is 37.7 Å². The summed E-state index contributed by atoms with van der Waals surface area (Å²) in [5, 5.41) is 0. The monoisotopic (exact) mass is 435 g/mol. The second-order valence-corrected chi connectivity index (χ2v) is 10.4. The molecule has 2 heterocycles. The van der Waals surface area contributed by atoms with Gasteiger partial charge in [-0.25, -0.2) is 8.42 Å². The average Bonchev–Trinajstić information content (AvgIpc) is 3.03. The van der Waals surface area contributed by atoms with E-state index in [0.29, 0.717) is 32.7 Å². The Bertz CT molecular complexity index is 822. The fraction of sp³-hybridized carbons (Fsp3) is 0.636. The summed E-state index contributed by atoms with van der Waals surface area (Å²) in [4.78, 5) is 31.1. The summed E-state index contributed by atoms with van der Waals surface area (Å²) in [5.41, 5.74) is 0.997. The van der Waals surface area contributed by atoms with Crippen LogP contribution in [0, 0.1) is 6.92 Å². The first kappa shape index (κ1) is 22.7. The van der Waals surface area contributed by atoms with Gasteiger partial charge in [0.15, 0.2) is 9.84 Å². The molecule has 2 aliphatic rings. The first-order chi connectivity index (χ1) is 14.3. The van der Waals surface area contributed by atoms with Crippen LogP contribution in [-0.4, -0.2) is 86.5 Å². The fourth-order valence-electron chi connectivity index (χ4n) is 4.01. The van der Waals surface area contributed by atoms with Crippen molar-refractivity contribution >= 4 is 21.7 Å². The lowest BCUT2D eigenvalue weighted by molar-refractivity contribution is -0.135. The third-order valence-electron chi connectivity index (χ3n) is 6.01. The van der Waals surface area contributed by atoms with Crippen molar-refractivity contribution < 1.29 is 18.0 Å². The maximum absolute atomic E-state index is 12.5. The number of hydrogen-bond acceptors (Lipinski definition) is 5. The number of likely N-dealkylation sites (tertiary alicyclic amines) is 1. The Balaban J connectivity index is 1.42. The van der Waals surface area contributed by atoms with E-state index in [1.54, 1.807) is 29.2 Å². The molecule has 30 heavy (non-hydrogen) atoms. The molecule has 0 radical (unpaired) electrons. The van der Waals surface area contributed by atoms with Gasteiger partial charge in [0, 0.05) is 45.7 Å². The number of rotatable bonds is 6. The molecule has 7 nitrogen and oxygen atoms in total. The standard InChI is InChI=1S/C22H33N3O4S/c1-19-6-8-20(9-7-19)30(28,29)17-10-21(26)25-15-13-23(14-16-25)18-22(27)24-11-4-2-3-5-12-24/h6-9H,2-5,10-18H2,1H3. The molecule has 0 aliphatic carbocycles. The average molecular weight is 436 g/mol. The summed E-state index contributed by atoms with van der Waals surface area (Å²) in [6.07, 6.45) is 4.55. The number of carbonyl (C=O) groups is 2. The van der Waals surface area contributed by atoms with E-state index in [9.17, 15) is 18.0 Å². The lowest BCUT2D eigenvalue weighted by Crippen LogP contribution is -2.51. The van der Waals surface area contributed by atoms with Crippen molar-refractivity contribution in [3.63, 3.8) is 0 Å². The van der Waals surface area contributed by atoms with Crippen molar-refractivity contribution in [1.29, 1.82) is 0 Å². The van der Waals surface area contributed by atoms with Gasteiger partial charge in [-0.15, -0.1) is 0 Å². The van der Waals surface area contributed by atoms with E-state index >= 15 is 0 Å². The van der Waals surface area contributed by atoms with Gasteiger partial charge in [-0.3, -0.25) is 14.5 Å². The van der Waals surface area contributed by atoms with Gasteiger partial charge in [-0.2, -0.15) is 0 Å². The minimum atomic E-state index is -3.46. The van der Waals surface area contributed by atoms with Crippen LogP contribution >= 0.6 is 0 Å². The summed E-state index contributed by atoms with van der Waals surface area (Å²) >= 11 is 0. The highest BCUT2D eigenvalue weighted by Gasteiger charge is 2.25. The second-order valence-electron chi connectivity index (χ2n) is 8.33. The highest BCUT2D eigenvalue weighted by molar-refractivity contribution is 7.91. The van der Waals surface area contributed by atoms with Gasteiger partial charge in [-0.1, -0.05) is 30.5 Å². The topological polar surface area (TPSA) is 78.0 Å². The Labute approximate surface area is 179 Å². The molecule has 8 heteroatoms. The first-order valence-electron chi connectivity index (χ1n) is 10.9. The predicted molar refractivity (Wildman–Crippen MR) is 116 cm³/mol.